The van der Waals surface area contributed by atoms with Crippen LogP contribution in [0.1, 0.15) is 31.2 Å². The second kappa shape index (κ2) is 15.2. The fraction of sp³-hybridized carbons (Fsp3) is 0.286. The van der Waals surface area contributed by atoms with Crippen LogP contribution in [-0.4, -0.2) is 33.3 Å². The Morgan fingerprint density at radius 2 is 1.82 bits per heavy atom. The van der Waals surface area contributed by atoms with Crippen LogP contribution in [0.3, 0.4) is 0 Å². The average Bonchev–Trinajstić information content (AvgIpc) is 3.20. The molecular formula is C21H28N6O4S2. The first kappa shape index (κ1) is 26.5. The summed E-state index contributed by atoms with van der Waals surface area (Å²) in [5.41, 5.74) is 6.62. The van der Waals surface area contributed by atoms with Crippen molar-refractivity contribution in [1.29, 1.82) is 0 Å². The van der Waals surface area contributed by atoms with Gasteiger partial charge in [-0.3, -0.25) is 10.0 Å². The number of anilines is 1. The van der Waals surface area contributed by atoms with Gasteiger partial charge in [-0.2, -0.15) is 0 Å². The third-order valence-electron chi connectivity index (χ3n) is 4.10. The number of amides is 2. The summed E-state index contributed by atoms with van der Waals surface area (Å²) in [4.78, 5) is 26.4. The molecule has 0 saturated heterocycles. The van der Waals surface area contributed by atoms with Gasteiger partial charge in [0.05, 0.1) is 22.4 Å². The number of primary amides is 1. The minimum absolute atomic E-state index is 0.00937. The second-order valence-electron chi connectivity index (χ2n) is 6.73. The van der Waals surface area contributed by atoms with Crippen molar-refractivity contribution in [3.05, 3.63) is 60.2 Å². The molecule has 33 heavy (non-hydrogen) atoms. The number of thiazole rings is 1. The summed E-state index contributed by atoms with van der Waals surface area (Å²) in [7, 11) is 0. The molecule has 1 aromatic heterocycles. The highest BCUT2D eigenvalue weighted by Crippen LogP contribution is 2.25. The minimum Gasteiger partial charge on any atom is -0.445 e. The Kier molecular flexibility index (Phi) is 12.2. The highest BCUT2D eigenvalue weighted by atomic mass is 32.2. The number of aromatic nitrogens is 1. The number of ether oxygens (including phenoxy) is 1. The van der Waals surface area contributed by atoms with Gasteiger partial charge in [0, 0.05) is 13.0 Å². The Morgan fingerprint density at radius 3 is 2.52 bits per heavy atom. The number of nitrogens with two attached hydrogens (primary N) is 2. The van der Waals surface area contributed by atoms with Gasteiger partial charge >= 0.3 is 6.09 Å². The van der Waals surface area contributed by atoms with Gasteiger partial charge in [0.1, 0.15) is 6.61 Å². The zero-order valence-corrected chi connectivity index (χ0v) is 19.6. The molecule has 10 nitrogen and oxygen atoms in total. The van der Waals surface area contributed by atoms with Crippen molar-refractivity contribution < 1.29 is 19.5 Å². The van der Waals surface area contributed by atoms with E-state index in [2.05, 4.69) is 19.8 Å². The predicted octanol–water partition coefficient (Wildman–Crippen LogP) is 3.79. The largest absolute Gasteiger partial charge is 0.445 e. The minimum atomic E-state index is -0.742. The molecule has 12 heteroatoms. The van der Waals surface area contributed by atoms with Gasteiger partial charge in [-0.15, -0.1) is 0 Å². The lowest BCUT2D eigenvalue weighted by Gasteiger charge is -2.06. The second-order valence-corrected chi connectivity index (χ2v) is 8.60. The number of hydrogen-bond donors (Lipinski definition) is 5. The van der Waals surface area contributed by atoms with E-state index in [0.717, 1.165) is 53.7 Å². The molecule has 0 radical (unpaired) electrons. The van der Waals surface area contributed by atoms with E-state index in [1.165, 1.54) is 11.3 Å². The lowest BCUT2D eigenvalue weighted by Crippen LogP contribution is -2.24. The molecule has 0 atom stereocenters. The number of fused-ring (bicyclic) bond motifs is 1. The summed E-state index contributed by atoms with van der Waals surface area (Å²) in [6.07, 6.45) is 2.39. The smallest absolute Gasteiger partial charge is 0.404 e. The Bertz CT molecular complexity index is 954. The molecule has 0 bridgehead atoms. The maximum absolute atomic E-state index is 11.8. The van der Waals surface area contributed by atoms with Crippen LogP contribution in [0, 0.1) is 0 Å². The number of carbonyl (C=O) groups excluding carboxylic acids is 2. The predicted molar refractivity (Wildman–Crippen MR) is 131 cm³/mol. The van der Waals surface area contributed by atoms with Gasteiger partial charge in [0.25, 0.3) is 0 Å². The first-order valence-corrected chi connectivity index (χ1v) is 11.8. The van der Waals surface area contributed by atoms with Crippen LogP contribution >= 0.6 is 23.5 Å². The van der Waals surface area contributed by atoms with Gasteiger partial charge in [0.15, 0.2) is 5.13 Å². The molecule has 0 saturated carbocycles. The van der Waals surface area contributed by atoms with Gasteiger partial charge < -0.3 is 15.8 Å². The van der Waals surface area contributed by atoms with Crippen LogP contribution in [-0.2, 0) is 16.1 Å². The van der Waals surface area contributed by atoms with Crippen LogP contribution in [0.15, 0.2) is 54.6 Å². The van der Waals surface area contributed by atoms with E-state index in [1.54, 1.807) is 0 Å². The summed E-state index contributed by atoms with van der Waals surface area (Å²) in [5, 5.41) is 12.2. The Labute approximate surface area is 200 Å². The van der Waals surface area contributed by atoms with Gasteiger partial charge in [-0.1, -0.05) is 64.8 Å². The zero-order chi connectivity index (χ0) is 23.9. The topological polar surface area (TPSA) is 156 Å². The molecule has 2 amide bonds. The molecule has 0 unspecified atom stereocenters. The number of hydrogen-bond acceptors (Lipinski definition) is 10. The Morgan fingerprint density at radius 1 is 1.09 bits per heavy atom. The number of unbranched alkanes of at least 4 members (excludes halogenated alkanes) is 2. The van der Waals surface area contributed by atoms with Crippen molar-refractivity contribution in [1.82, 2.24) is 14.3 Å². The highest BCUT2D eigenvalue weighted by Gasteiger charge is 2.07. The van der Waals surface area contributed by atoms with Crippen LogP contribution in [0.4, 0.5) is 9.93 Å². The molecule has 0 fully saturated rings. The van der Waals surface area contributed by atoms with Crippen LogP contribution in [0.2, 0.25) is 0 Å². The lowest BCUT2D eigenvalue weighted by molar-refractivity contribution is -0.116. The number of nitrogens with zero attached hydrogens (tertiary/aromatic N) is 2. The number of para-hydroxylation sites is 1. The van der Waals surface area contributed by atoms with E-state index in [9.17, 15) is 9.59 Å². The third-order valence-corrected chi connectivity index (χ3v) is 5.58. The van der Waals surface area contributed by atoms with Crippen molar-refractivity contribution in [3.8, 4) is 0 Å². The fourth-order valence-corrected chi connectivity index (χ4v) is 3.86. The van der Waals surface area contributed by atoms with Crippen molar-refractivity contribution in [2.24, 2.45) is 11.6 Å². The molecule has 0 aliphatic heterocycles. The van der Waals surface area contributed by atoms with Crippen LogP contribution < -0.4 is 21.6 Å². The molecular weight excluding hydrogens is 464 g/mol. The van der Waals surface area contributed by atoms with Gasteiger partial charge in [-0.05, 0) is 30.5 Å². The molecule has 0 aliphatic rings. The van der Waals surface area contributed by atoms with Gasteiger partial charge in [0.2, 0.25) is 5.91 Å². The third kappa shape index (κ3) is 11.6. The van der Waals surface area contributed by atoms with Crippen LogP contribution in [0.5, 0.6) is 0 Å². The number of carbonyl (C=O) groups is 2. The monoisotopic (exact) mass is 492 g/mol. The van der Waals surface area contributed by atoms with Crippen molar-refractivity contribution in [2.45, 2.75) is 32.3 Å². The van der Waals surface area contributed by atoms with E-state index in [0.29, 0.717) is 16.1 Å². The number of nitrogens with one attached hydrogen (secondary N) is 2. The van der Waals surface area contributed by atoms with E-state index in [4.69, 9.17) is 16.8 Å². The number of hydrazine groups is 1. The summed E-state index contributed by atoms with van der Waals surface area (Å²) in [5.74, 6) is 5.00. The van der Waals surface area contributed by atoms with Gasteiger partial charge in [-0.25, -0.2) is 20.3 Å². The number of rotatable bonds is 11. The summed E-state index contributed by atoms with van der Waals surface area (Å²) < 4.78 is 9.04. The average molecular weight is 493 g/mol. The van der Waals surface area contributed by atoms with Crippen molar-refractivity contribution >= 4 is 50.8 Å². The zero-order valence-electron chi connectivity index (χ0n) is 18.0. The molecule has 178 valence electrons. The molecule has 3 aromatic rings. The van der Waals surface area contributed by atoms with E-state index in [-0.39, 0.29) is 12.5 Å². The molecule has 7 N–H and O–H groups in total. The summed E-state index contributed by atoms with van der Waals surface area (Å²) >= 11 is 2.41. The first-order chi connectivity index (χ1) is 15.9. The van der Waals surface area contributed by atoms with Crippen molar-refractivity contribution in [2.75, 3.05) is 11.9 Å². The highest BCUT2D eigenvalue weighted by molar-refractivity contribution is 7.94. The van der Waals surface area contributed by atoms with Crippen molar-refractivity contribution in [3.63, 3.8) is 0 Å². The quantitative estimate of drug-likeness (QED) is 0.116. The molecule has 0 aliphatic carbocycles. The lowest BCUT2D eigenvalue weighted by atomic mass is 10.2. The standard InChI is InChI=1S/C13H19N5O2S2.C8H9NO2/c14-18(20)22-15-9-5-1-2-8-12(19)17-13-16-10-6-3-4-7-11(10)21-13;9-8(10)11-6-7-4-2-1-3-5-7/h3-4,6-7,15,20H,1-2,5,8-9,14H2,(H,16,17,19);1-5H,6H2,(H2,9,10). The normalized spacial score (nSPS) is 10.5. The SMILES string of the molecule is NC(=O)OCc1ccccc1.NN(O)SNCCCCCC(=O)Nc1nc2ccccc2s1. The van der Waals surface area contributed by atoms with Crippen LogP contribution in [0.25, 0.3) is 10.2 Å². The molecule has 3 rings (SSSR count). The first-order valence-electron chi connectivity index (χ1n) is 10.2. The molecule has 1 heterocycles. The fourth-order valence-electron chi connectivity index (χ4n) is 2.61. The van der Waals surface area contributed by atoms with E-state index >= 15 is 0 Å². The van der Waals surface area contributed by atoms with E-state index < -0.39 is 6.09 Å². The maximum Gasteiger partial charge on any atom is 0.404 e. The maximum atomic E-state index is 11.8. The molecule has 0 spiro atoms. The summed E-state index contributed by atoms with van der Waals surface area (Å²) in [6.45, 7) is 0.967. The molecule has 2 aromatic carbocycles. The number of benzene rings is 2. The summed E-state index contributed by atoms with van der Waals surface area (Å²) in [6, 6.07) is 17.2. The Hall–Kier alpha value is -2.74. The Balaban J connectivity index is 0.000000294. The van der Waals surface area contributed by atoms with E-state index in [1.807, 2.05) is 54.6 Å².